The number of aromatic nitrogens is 3. The molecule has 0 aliphatic carbocycles. The molecule has 2 aromatic heterocycles. The molecule has 0 bridgehead atoms. The predicted octanol–water partition coefficient (Wildman–Crippen LogP) is 4.46. The number of hydrogen-bond donors (Lipinski definition) is 1. The minimum Gasteiger partial charge on any atom is -0.484 e. The monoisotopic (exact) mass is 408 g/mol. The number of halogens is 1. The molecule has 4 rings (SSSR count). The Balaban J connectivity index is 1.48. The average molecular weight is 408 g/mol. The summed E-state index contributed by atoms with van der Waals surface area (Å²) in [5, 5.41) is 5.46. The molecule has 0 spiro atoms. The largest absolute Gasteiger partial charge is 0.484 e. The first-order valence-corrected chi connectivity index (χ1v) is 9.72. The Morgan fingerprint density at radius 1 is 1.17 bits per heavy atom. The number of thiazole rings is 1. The summed E-state index contributed by atoms with van der Waals surface area (Å²) in [6, 6.07) is 15.4. The maximum Gasteiger partial charge on any atom is 0.263 e. The van der Waals surface area contributed by atoms with Crippen molar-refractivity contribution in [1.29, 1.82) is 0 Å². The number of aryl methyl sites for hydroxylation is 1. The van der Waals surface area contributed by atoms with Crippen LogP contribution in [-0.2, 0) is 4.79 Å². The Morgan fingerprint density at radius 2 is 1.93 bits per heavy atom. The quantitative estimate of drug-likeness (QED) is 0.511. The molecule has 2 aromatic carbocycles. The van der Waals surface area contributed by atoms with Crippen molar-refractivity contribution in [2.24, 2.45) is 0 Å². The molecule has 0 saturated heterocycles. The maximum absolute atomic E-state index is 12.9. The van der Waals surface area contributed by atoms with Crippen molar-refractivity contribution in [2.45, 2.75) is 6.92 Å². The van der Waals surface area contributed by atoms with Crippen molar-refractivity contribution in [2.75, 3.05) is 11.9 Å². The number of nitrogens with one attached hydrogen (secondary N) is 1. The molecule has 0 unspecified atom stereocenters. The van der Waals surface area contributed by atoms with E-state index in [-0.39, 0.29) is 18.3 Å². The van der Waals surface area contributed by atoms with Crippen molar-refractivity contribution in [3.63, 3.8) is 0 Å². The fraction of sp³-hybridized carbons (Fsp3) is 0.0952. The molecule has 2 heterocycles. The van der Waals surface area contributed by atoms with Gasteiger partial charge in [-0.2, -0.15) is 0 Å². The molecule has 0 fully saturated rings. The topological polar surface area (TPSA) is 69.0 Å². The molecule has 0 aliphatic heterocycles. The lowest BCUT2D eigenvalue weighted by Crippen LogP contribution is -2.21. The number of rotatable bonds is 6. The van der Waals surface area contributed by atoms with Gasteiger partial charge in [-0.05, 0) is 31.2 Å². The number of carbonyl (C=O) groups excluding carboxylic acids is 1. The maximum atomic E-state index is 12.9. The Labute approximate surface area is 170 Å². The SMILES string of the molecule is Cc1ncc(NC(=O)COc2ccc(F)cc2)n1-c1nc(-c2ccccc2)cs1. The van der Waals surface area contributed by atoms with E-state index in [1.807, 2.05) is 42.6 Å². The van der Waals surface area contributed by atoms with E-state index in [1.54, 1.807) is 10.8 Å². The minimum atomic E-state index is -0.362. The van der Waals surface area contributed by atoms with E-state index in [2.05, 4.69) is 15.3 Å². The van der Waals surface area contributed by atoms with E-state index in [4.69, 9.17) is 4.74 Å². The summed E-state index contributed by atoms with van der Waals surface area (Å²) in [5.74, 6) is 0.909. The first kappa shape index (κ1) is 18.8. The van der Waals surface area contributed by atoms with Crippen LogP contribution in [0.2, 0.25) is 0 Å². The van der Waals surface area contributed by atoms with Crippen LogP contribution in [-0.4, -0.2) is 27.0 Å². The van der Waals surface area contributed by atoms with Crippen LogP contribution in [0.3, 0.4) is 0 Å². The summed E-state index contributed by atoms with van der Waals surface area (Å²) in [6.07, 6.45) is 1.58. The third-order valence-corrected chi connectivity index (χ3v) is 4.97. The van der Waals surface area contributed by atoms with Crippen LogP contribution >= 0.6 is 11.3 Å². The highest BCUT2D eigenvalue weighted by atomic mass is 32.1. The van der Waals surface area contributed by atoms with Crippen molar-refractivity contribution >= 4 is 23.1 Å². The lowest BCUT2D eigenvalue weighted by molar-refractivity contribution is -0.118. The standard InChI is InChI=1S/C21H17FN4O2S/c1-14-23-11-19(25-20(27)12-28-17-9-7-16(22)8-10-17)26(14)21-24-18(13-29-21)15-5-3-2-4-6-15/h2-11,13H,12H2,1H3,(H,25,27). The zero-order chi connectivity index (χ0) is 20.2. The first-order valence-electron chi connectivity index (χ1n) is 8.84. The van der Waals surface area contributed by atoms with Crippen LogP contribution in [0, 0.1) is 12.7 Å². The smallest absolute Gasteiger partial charge is 0.263 e. The number of hydrogen-bond acceptors (Lipinski definition) is 5. The van der Waals surface area contributed by atoms with Crippen LogP contribution in [0.5, 0.6) is 5.75 Å². The van der Waals surface area contributed by atoms with Crippen molar-refractivity contribution in [1.82, 2.24) is 14.5 Å². The molecule has 0 saturated carbocycles. The summed E-state index contributed by atoms with van der Waals surface area (Å²) in [4.78, 5) is 21.3. The van der Waals surface area contributed by atoms with Crippen molar-refractivity contribution in [3.05, 3.63) is 77.8 Å². The molecule has 6 nitrogen and oxygen atoms in total. The molecule has 0 atom stereocenters. The number of imidazole rings is 1. The fourth-order valence-corrected chi connectivity index (χ4v) is 3.63. The number of ether oxygens (including phenoxy) is 1. The highest BCUT2D eigenvalue weighted by Crippen LogP contribution is 2.27. The Kier molecular flexibility index (Phi) is 5.35. The van der Waals surface area contributed by atoms with Gasteiger partial charge in [-0.3, -0.25) is 9.36 Å². The van der Waals surface area contributed by atoms with Gasteiger partial charge >= 0.3 is 0 Å². The Hall–Kier alpha value is -3.52. The Morgan fingerprint density at radius 3 is 2.69 bits per heavy atom. The van der Waals surface area contributed by atoms with Gasteiger partial charge in [0.15, 0.2) is 11.7 Å². The van der Waals surface area contributed by atoms with E-state index in [0.29, 0.717) is 22.5 Å². The van der Waals surface area contributed by atoms with Crippen molar-refractivity contribution in [3.8, 4) is 22.1 Å². The van der Waals surface area contributed by atoms with Crippen molar-refractivity contribution < 1.29 is 13.9 Å². The second-order valence-electron chi connectivity index (χ2n) is 6.20. The van der Waals surface area contributed by atoms with Gasteiger partial charge in [0.05, 0.1) is 11.9 Å². The predicted molar refractivity (Wildman–Crippen MR) is 110 cm³/mol. The lowest BCUT2D eigenvalue weighted by Gasteiger charge is -2.09. The number of anilines is 1. The average Bonchev–Trinajstić information content (AvgIpc) is 3.35. The molecule has 1 N–H and O–H groups in total. The van der Waals surface area contributed by atoms with Gasteiger partial charge in [0.2, 0.25) is 0 Å². The second kappa shape index (κ2) is 8.24. The molecule has 8 heteroatoms. The molecular weight excluding hydrogens is 391 g/mol. The summed E-state index contributed by atoms with van der Waals surface area (Å²) in [6.45, 7) is 1.64. The van der Waals surface area contributed by atoms with Crippen LogP contribution in [0.4, 0.5) is 10.2 Å². The number of carbonyl (C=O) groups is 1. The Bertz CT molecular complexity index is 1120. The summed E-state index contributed by atoms with van der Waals surface area (Å²) < 4.78 is 20.1. The van der Waals surface area contributed by atoms with E-state index in [1.165, 1.54) is 35.6 Å². The van der Waals surface area contributed by atoms with Gasteiger partial charge in [-0.25, -0.2) is 14.4 Å². The number of benzene rings is 2. The van der Waals surface area contributed by atoms with Gasteiger partial charge in [-0.1, -0.05) is 30.3 Å². The molecule has 146 valence electrons. The van der Waals surface area contributed by atoms with Crippen LogP contribution in [0.1, 0.15) is 5.82 Å². The molecule has 4 aromatic rings. The molecule has 1 amide bonds. The fourth-order valence-electron chi connectivity index (χ4n) is 2.74. The molecular formula is C21H17FN4O2S. The van der Waals surface area contributed by atoms with Gasteiger partial charge in [0.25, 0.3) is 5.91 Å². The second-order valence-corrected chi connectivity index (χ2v) is 7.03. The third-order valence-electron chi connectivity index (χ3n) is 4.14. The van der Waals surface area contributed by atoms with Crippen LogP contribution in [0.15, 0.2) is 66.2 Å². The van der Waals surface area contributed by atoms with Gasteiger partial charge < -0.3 is 10.1 Å². The van der Waals surface area contributed by atoms with Crippen LogP contribution in [0.25, 0.3) is 16.4 Å². The zero-order valence-corrected chi connectivity index (χ0v) is 16.3. The highest BCUT2D eigenvalue weighted by Gasteiger charge is 2.15. The van der Waals surface area contributed by atoms with Gasteiger partial charge in [0, 0.05) is 10.9 Å². The summed E-state index contributed by atoms with van der Waals surface area (Å²) in [7, 11) is 0. The van der Waals surface area contributed by atoms with E-state index < -0.39 is 0 Å². The van der Waals surface area contributed by atoms with Gasteiger partial charge in [-0.15, -0.1) is 11.3 Å². The number of nitrogens with zero attached hydrogens (tertiary/aromatic N) is 3. The minimum absolute atomic E-state index is 0.205. The first-order chi connectivity index (χ1) is 14.1. The van der Waals surface area contributed by atoms with Gasteiger partial charge in [0.1, 0.15) is 23.2 Å². The van der Waals surface area contributed by atoms with E-state index >= 15 is 0 Å². The molecule has 0 radical (unpaired) electrons. The summed E-state index contributed by atoms with van der Waals surface area (Å²) in [5.41, 5.74) is 1.88. The zero-order valence-electron chi connectivity index (χ0n) is 15.5. The van der Waals surface area contributed by atoms with E-state index in [0.717, 1.165) is 11.3 Å². The third kappa shape index (κ3) is 4.33. The van der Waals surface area contributed by atoms with Crippen LogP contribution < -0.4 is 10.1 Å². The molecule has 29 heavy (non-hydrogen) atoms. The molecule has 0 aliphatic rings. The highest BCUT2D eigenvalue weighted by molar-refractivity contribution is 7.12. The lowest BCUT2D eigenvalue weighted by atomic mass is 10.2. The number of amides is 1. The summed E-state index contributed by atoms with van der Waals surface area (Å²) >= 11 is 1.46. The normalized spacial score (nSPS) is 10.7. The van der Waals surface area contributed by atoms with E-state index in [9.17, 15) is 9.18 Å².